The van der Waals surface area contributed by atoms with Crippen LogP contribution in [0.1, 0.15) is 67.7 Å². The summed E-state index contributed by atoms with van der Waals surface area (Å²) in [5.41, 5.74) is 0.933. The highest BCUT2D eigenvalue weighted by Crippen LogP contribution is 2.48. The van der Waals surface area contributed by atoms with E-state index in [4.69, 9.17) is 14.2 Å². The molecule has 1 fully saturated rings. The van der Waals surface area contributed by atoms with Crippen molar-refractivity contribution in [2.75, 3.05) is 32.8 Å². The van der Waals surface area contributed by atoms with Crippen LogP contribution in [0.5, 0.6) is 17.2 Å². The monoisotopic (exact) mass is 603 g/mol. The van der Waals surface area contributed by atoms with Crippen molar-refractivity contribution in [3.63, 3.8) is 0 Å². The minimum Gasteiger partial charge on any atom is -0.492 e. The first kappa shape index (κ1) is 31.7. The number of carbonyl (C=O) groups excluding carboxylic acids is 1. The predicted molar refractivity (Wildman–Crippen MR) is 158 cm³/mol. The summed E-state index contributed by atoms with van der Waals surface area (Å²) in [5.74, 6) is 0.639. The zero-order valence-corrected chi connectivity index (χ0v) is 24.9. The smallest absolute Gasteiger partial charge is 0.416 e. The van der Waals surface area contributed by atoms with Crippen molar-refractivity contribution in [2.24, 2.45) is 5.41 Å². The highest BCUT2D eigenvalue weighted by molar-refractivity contribution is 5.85. The molecule has 2 aliphatic rings. The van der Waals surface area contributed by atoms with Crippen LogP contribution in [-0.4, -0.2) is 43.7 Å². The molecule has 5 nitrogen and oxygen atoms in total. The molecule has 9 heteroatoms. The van der Waals surface area contributed by atoms with Gasteiger partial charge in [0.1, 0.15) is 23.9 Å². The number of fused-ring (bicyclic) bond motifs is 1. The molecule has 0 saturated carbocycles. The molecule has 42 heavy (non-hydrogen) atoms. The van der Waals surface area contributed by atoms with Gasteiger partial charge in [-0.3, -0.25) is 9.69 Å². The maximum absolute atomic E-state index is 13.6. The Hall–Kier alpha value is -3.23. The zero-order valence-electron chi connectivity index (χ0n) is 24.1. The summed E-state index contributed by atoms with van der Waals surface area (Å²) in [6.45, 7) is 9.21. The number of likely N-dealkylation sites (tertiary alicyclic amines) is 1. The Morgan fingerprint density at radius 2 is 1.62 bits per heavy atom. The zero-order chi connectivity index (χ0) is 29.2. The van der Waals surface area contributed by atoms with Crippen molar-refractivity contribution in [2.45, 2.75) is 51.6 Å². The molecule has 0 radical (unpaired) electrons. The largest absolute Gasteiger partial charge is 0.492 e. The summed E-state index contributed by atoms with van der Waals surface area (Å²) in [5, 5.41) is 0. The van der Waals surface area contributed by atoms with E-state index >= 15 is 0 Å². The Kier molecular flexibility index (Phi) is 9.78. The minimum absolute atomic E-state index is 0. The molecule has 2 unspecified atom stereocenters. The molecule has 3 aromatic carbocycles. The van der Waals surface area contributed by atoms with Crippen LogP contribution in [0.25, 0.3) is 0 Å². The number of carbonyl (C=O) groups is 1. The third-order valence-electron chi connectivity index (χ3n) is 7.72. The van der Waals surface area contributed by atoms with Crippen molar-refractivity contribution in [1.82, 2.24) is 4.90 Å². The predicted octanol–water partition coefficient (Wildman–Crippen LogP) is 7.86. The van der Waals surface area contributed by atoms with Crippen molar-refractivity contribution in [3.05, 3.63) is 89.0 Å². The van der Waals surface area contributed by atoms with Crippen LogP contribution in [0.3, 0.4) is 0 Å². The summed E-state index contributed by atoms with van der Waals surface area (Å²) in [7, 11) is 0. The Balaban J connectivity index is 0.00000405. The number of nitrogens with zero attached hydrogens (tertiary/aromatic N) is 1. The van der Waals surface area contributed by atoms with Crippen molar-refractivity contribution in [3.8, 4) is 17.2 Å². The number of halogens is 4. The molecule has 2 heterocycles. The van der Waals surface area contributed by atoms with Crippen molar-refractivity contribution < 1.29 is 32.2 Å². The minimum atomic E-state index is -4.45. The first-order valence-electron chi connectivity index (χ1n) is 14.1. The molecule has 5 rings (SSSR count). The lowest BCUT2D eigenvalue weighted by Crippen LogP contribution is -2.27. The average molecular weight is 604 g/mol. The van der Waals surface area contributed by atoms with E-state index in [1.807, 2.05) is 30.3 Å². The molecule has 2 aliphatic heterocycles. The molecule has 0 spiro atoms. The Morgan fingerprint density at radius 3 is 2.29 bits per heavy atom. The van der Waals surface area contributed by atoms with Crippen molar-refractivity contribution >= 4 is 18.4 Å². The van der Waals surface area contributed by atoms with Crippen LogP contribution >= 0.6 is 12.4 Å². The summed E-state index contributed by atoms with van der Waals surface area (Å²) in [6.07, 6.45) is -1.98. The van der Waals surface area contributed by atoms with E-state index in [-0.39, 0.29) is 36.8 Å². The molecule has 3 aromatic rings. The lowest BCUT2D eigenvalue weighted by molar-refractivity contribution is -0.143. The molecular formula is C33H37ClF3NO4. The number of alkyl halides is 3. The topological polar surface area (TPSA) is 48.0 Å². The fourth-order valence-electron chi connectivity index (χ4n) is 5.43. The summed E-state index contributed by atoms with van der Waals surface area (Å²) in [4.78, 5) is 14.8. The standard InChI is InChI=1S/C33H36F3NO4.ClH/c1-32(2,3)31(38)41-26-13-14-27-29(20-26)40-21-28(23-7-6-8-24(19-23)33(34,35)36)30(27)22-9-11-25(12-10-22)39-18-17-37-15-4-5-16-37;/h6-14,19-20,28,30H,4-5,15-18,21H2,1-3H3;1H. The van der Waals surface area contributed by atoms with Gasteiger partial charge in [-0.15, -0.1) is 12.4 Å². The second-order valence-corrected chi connectivity index (χ2v) is 11.8. The lowest BCUT2D eigenvalue weighted by atomic mass is 9.75. The summed E-state index contributed by atoms with van der Waals surface area (Å²) in [6, 6.07) is 18.5. The van der Waals surface area contributed by atoms with Gasteiger partial charge in [-0.25, -0.2) is 0 Å². The number of benzene rings is 3. The second-order valence-electron chi connectivity index (χ2n) is 11.8. The third-order valence-corrected chi connectivity index (χ3v) is 7.72. The average Bonchev–Trinajstić information content (AvgIpc) is 3.45. The number of esters is 1. The molecule has 2 atom stereocenters. The summed E-state index contributed by atoms with van der Waals surface area (Å²) >= 11 is 0. The molecule has 0 amide bonds. The maximum Gasteiger partial charge on any atom is 0.416 e. The van der Waals surface area contributed by atoms with Crippen LogP contribution in [0.2, 0.25) is 0 Å². The van der Waals surface area contributed by atoms with Gasteiger partial charge in [0.2, 0.25) is 0 Å². The molecule has 0 aliphatic carbocycles. The number of ether oxygens (including phenoxy) is 3. The van der Waals surface area contributed by atoms with Crippen LogP contribution in [0, 0.1) is 5.41 Å². The molecule has 0 bridgehead atoms. The van der Waals surface area contributed by atoms with Gasteiger partial charge >= 0.3 is 12.1 Å². The number of hydrogen-bond donors (Lipinski definition) is 0. The van der Waals surface area contributed by atoms with E-state index in [1.54, 1.807) is 39.0 Å². The third kappa shape index (κ3) is 7.39. The number of rotatable bonds is 7. The van der Waals surface area contributed by atoms with Gasteiger partial charge in [0.15, 0.2) is 0 Å². The normalized spacial score (nSPS) is 18.9. The maximum atomic E-state index is 13.6. The van der Waals surface area contributed by atoms with Gasteiger partial charge in [0.25, 0.3) is 0 Å². The fourth-order valence-corrected chi connectivity index (χ4v) is 5.43. The Morgan fingerprint density at radius 1 is 0.929 bits per heavy atom. The highest BCUT2D eigenvalue weighted by atomic mass is 35.5. The van der Waals surface area contributed by atoms with Crippen molar-refractivity contribution in [1.29, 1.82) is 0 Å². The van der Waals surface area contributed by atoms with Gasteiger partial charge in [-0.1, -0.05) is 36.4 Å². The van der Waals surface area contributed by atoms with E-state index in [2.05, 4.69) is 4.90 Å². The van der Waals surface area contributed by atoms with E-state index in [1.165, 1.54) is 25.0 Å². The fraction of sp³-hybridized carbons (Fsp3) is 0.424. The summed E-state index contributed by atoms with van der Waals surface area (Å²) < 4.78 is 58.4. The van der Waals surface area contributed by atoms with E-state index in [0.29, 0.717) is 23.7 Å². The van der Waals surface area contributed by atoms with Crippen LogP contribution in [0.15, 0.2) is 66.7 Å². The van der Waals surface area contributed by atoms with E-state index < -0.39 is 17.2 Å². The quantitative estimate of drug-likeness (QED) is 0.203. The Bertz CT molecular complexity index is 1360. The SMILES string of the molecule is CC(C)(C)C(=O)Oc1ccc2c(c1)OCC(c1cccc(C(F)(F)F)c1)C2c1ccc(OCCN2CCCC2)cc1.Cl. The van der Waals surface area contributed by atoms with Crippen LogP contribution in [-0.2, 0) is 11.0 Å². The number of hydrogen-bond acceptors (Lipinski definition) is 5. The highest BCUT2D eigenvalue weighted by Gasteiger charge is 2.36. The molecule has 0 aromatic heterocycles. The van der Waals surface area contributed by atoms with Gasteiger partial charge < -0.3 is 14.2 Å². The van der Waals surface area contributed by atoms with Gasteiger partial charge in [-0.2, -0.15) is 13.2 Å². The lowest BCUT2D eigenvalue weighted by Gasteiger charge is -2.35. The molecule has 1 saturated heterocycles. The molecule has 0 N–H and O–H groups in total. The van der Waals surface area contributed by atoms with E-state index in [0.717, 1.165) is 42.6 Å². The first-order valence-corrected chi connectivity index (χ1v) is 14.1. The van der Waals surface area contributed by atoms with Crippen LogP contribution in [0.4, 0.5) is 13.2 Å². The molecular weight excluding hydrogens is 567 g/mol. The van der Waals surface area contributed by atoms with Gasteiger partial charge in [0.05, 0.1) is 17.6 Å². The van der Waals surface area contributed by atoms with Gasteiger partial charge in [-0.05, 0) is 82.1 Å². The Labute approximate surface area is 251 Å². The van der Waals surface area contributed by atoms with E-state index in [9.17, 15) is 18.0 Å². The van der Waals surface area contributed by atoms with Gasteiger partial charge in [0, 0.05) is 30.0 Å². The van der Waals surface area contributed by atoms with Crippen LogP contribution < -0.4 is 14.2 Å². The first-order chi connectivity index (χ1) is 19.5. The second kappa shape index (κ2) is 13.0. The molecule has 226 valence electrons.